The van der Waals surface area contributed by atoms with Crippen molar-refractivity contribution in [2.24, 2.45) is 31.9 Å². The number of methoxy groups -OCH3 is 2. The topological polar surface area (TPSA) is 221 Å². The molecule has 3 aromatic carbocycles. The third kappa shape index (κ3) is 14.1. The summed E-state index contributed by atoms with van der Waals surface area (Å²) in [6.07, 6.45) is 7.95. The Hall–Kier alpha value is -4.75. The average molecular weight is 794 g/mol. The number of benzene rings is 3. The largest absolute Gasteiger partial charge is 3.00 e. The Labute approximate surface area is 302 Å². The minimum Gasteiger partial charge on any atom is -1.00 e. The van der Waals surface area contributed by atoms with Crippen LogP contribution in [0.5, 0.6) is 28.7 Å². The van der Waals surface area contributed by atoms with Crippen LogP contribution in [0.3, 0.4) is 0 Å². The number of allylic oxidation sites excluding steroid dienone is 3. The van der Waals surface area contributed by atoms with Crippen molar-refractivity contribution in [1.82, 2.24) is 0 Å². The Kier molecular flexibility index (Phi) is 20.7. The van der Waals surface area contributed by atoms with Crippen molar-refractivity contribution >= 4 is 41.7 Å². The predicted molar refractivity (Wildman–Crippen MR) is 167 cm³/mol. The molecule has 9 N–H and O–H groups in total. The third-order valence-corrected chi connectivity index (χ3v) is 5.55. The van der Waals surface area contributed by atoms with Crippen LogP contribution in [0.15, 0.2) is 98.8 Å². The van der Waals surface area contributed by atoms with Crippen molar-refractivity contribution in [3.8, 4) is 28.7 Å². The van der Waals surface area contributed by atoms with Crippen molar-refractivity contribution in [2.75, 3.05) is 14.2 Å². The van der Waals surface area contributed by atoms with E-state index in [-0.39, 0.29) is 102 Å². The van der Waals surface area contributed by atoms with Crippen LogP contribution < -0.4 is 58.2 Å². The fourth-order valence-electron chi connectivity index (χ4n) is 3.53. The van der Waals surface area contributed by atoms with Gasteiger partial charge in [-0.25, -0.2) is 0 Å². The van der Waals surface area contributed by atoms with Crippen LogP contribution in [0.25, 0.3) is 18.2 Å². The maximum Gasteiger partial charge on any atom is 3.00 e. The van der Waals surface area contributed by atoms with Crippen molar-refractivity contribution in [3.63, 3.8) is 0 Å². The van der Waals surface area contributed by atoms with E-state index in [1.807, 2.05) is 0 Å². The van der Waals surface area contributed by atoms with Crippen LogP contribution in [0.1, 0.15) is 16.7 Å². The van der Waals surface area contributed by atoms with Crippen LogP contribution >= 0.6 is 0 Å². The molecule has 1 radical (unpaired) electrons. The number of aliphatic hydroxyl groups is 2. The van der Waals surface area contributed by atoms with Crippen molar-refractivity contribution < 1.29 is 91.7 Å². The Morgan fingerprint density at radius 2 is 1.00 bits per heavy atom. The van der Waals surface area contributed by atoms with Gasteiger partial charge in [0.2, 0.25) is 0 Å². The van der Waals surface area contributed by atoms with Gasteiger partial charge in [-0.3, -0.25) is 0 Å². The summed E-state index contributed by atoms with van der Waals surface area (Å²) in [5, 5.41) is 64.2. The normalized spacial score (nSPS) is 11.9. The second-order valence-electron chi connectivity index (χ2n) is 8.57. The SMILES string of the molecule is COc1cc(/C=C/C(=N\N=C(\N)O)C(=Cc2ccc(O)cc2)C(/C=C/c2ccc(O)c(OC)c2)=N/N=C(/N)O)ccc1O.[Cl-].[Cl-].[Cl-].[Ru+3]. The standard InChI is InChI=1S/C30H30N6O7.3ClH.Ru/c1-42-27-16-19(7-13-25(27)38)5-11-23(33-35-29(31)40)22(15-18-3-9-21(37)10-4-18)24(34-36-30(32)41)12-6-20-8-14-26(39)28(17-20)43-2;;;;/h3-17,37-39H,1-2H3,(H3,31,35,40)(H3,32,36,41);3*1H;/q;;;;+3/p-3/b11-5+,12-6+,33-23+,34-24+;;;;. The first kappa shape index (κ1) is 44.4. The number of nitrogens with two attached hydrogens (primary N) is 2. The predicted octanol–water partition coefficient (Wildman–Crippen LogP) is -4.90. The zero-order chi connectivity index (χ0) is 31.4. The number of phenols is 3. The number of hydrogen-bond donors (Lipinski definition) is 7. The first-order valence-electron chi connectivity index (χ1n) is 12.4. The maximum atomic E-state index is 9.96. The van der Waals surface area contributed by atoms with Gasteiger partial charge in [0.1, 0.15) is 5.75 Å². The van der Waals surface area contributed by atoms with E-state index in [0.717, 1.165) is 0 Å². The van der Waals surface area contributed by atoms with Crippen LogP contribution in [0.4, 0.5) is 0 Å². The van der Waals surface area contributed by atoms with E-state index >= 15 is 0 Å². The number of amidine groups is 2. The van der Waals surface area contributed by atoms with E-state index in [2.05, 4.69) is 20.4 Å². The summed E-state index contributed by atoms with van der Waals surface area (Å²) in [6, 6.07) is 13.9. The van der Waals surface area contributed by atoms with Crippen LogP contribution in [0.2, 0.25) is 0 Å². The molecule has 0 aliphatic carbocycles. The van der Waals surface area contributed by atoms with E-state index in [0.29, 0.717) is 16.7 Å². The maximum absolute atomic E-state index is 9.96. The smallest absolute Gasteiger partial charge is 1.00 e. The summed E-state index contributed by atoms with van der Waals surface area (Å²) in [4.78, 5) is 0. The summed E-state index contributed by atoms with van der Waals surface area (Å²) in [6.45, 7) is 0. The molecule has 0 heterocycles. The number of rotatable bonds is 11. The molecule has 0 aromatic heterocycles. The van der Waals surface area contributed by atoms with E-state index in [1.165, 1.54) is 50.6 Å². The minimum atomic E-state index is -0.816. The molecule has 17 heteroatoms. The molecule has 47 heavy (non-hydrogen) atoms. The number of halogens is 3. The summed E-state index contributed by atoms with van der Waals surface area (Å²) in [5.74, 6) is 0.410. The number of hydrogen-bond acceptors (Lipinski definition) is 9. The first-order valence-corrected chi connectivity index (χ1v) is 12.4. The number of nitrogens with zero attached hydrogens (tertiary/aromatic N) is 4. The monoisotopic (exact) mass is 793 g/mol. The second kappa shape index (κ2) is 21.9. The van der Waals surface area contributed by atoms with Crippen LogP contribution in [-0.4, -0.2) is 63.2 Å². The zero-order valence-electron chi connectivity index (χ0n) is 24.6. The van der Waals surface area contributed by atoms with Gasteiger partial charge in [-0.15, -0.1) is 10.2 Å². The molecule has 0 unspecified atom stereocenters. The molecule has 0 amide bonds. The molecule has 0 aliphatic heterocycles. The molecule has 13 nitrogen and oxygen atoms in total. The molecule has 0 spiro atoms. The van der Waals surface area contributed by atoms with E-state index in [4.69, 9.17) is 20.9 Å². The molecular formula is C30H30Cl3N6O7Ru. The van der Waals surface area contributed by atoms with Gasteiger partial charge in [0.15, 0.2) is 23.0 Å². The number of ether oxygens (including phenoxy) is 2. The van der Waals surface area contributed by atoms with E-state index in [9.17, 15) is 25.5 Å². The Bertz CT molecular complexity index is 1570. The molecule has 0 saturated heterocycles. The summed E-state index contributed by atoms with van der Waals surface area (Å²) < 4.78 is 10.4. The van der Waals surface area contributed by atoms with Crippen LogP contribution in [0, 0.1) is 0 Å². The summed E-state index contributed by atoms with van der Waals surface area (Å²) >= 11 is 0. The third-order valence-electron chi connectivity index (χ3n) is 5.55. The Balaban J connectivity index is 0. The second-order valence-corrected chi connectivity index (χ2v) is 8.57. The fourth-order valence-corrected chi connectivity index (χ4v) is 3.53. The van der Waals surface area contributed by atoms with Crippen LogP contribution in [-0.2, 0) is 19.5 Å². The van der Waals surface area contributed by atoms with E-state index < -0.39 is 12.0 Å². The average Bonchev–Trinajstić information content (AvgIpc) is 2.98. The van der Waals surface area contributed by atoms with Gasteiger partial charge in [0.05, 0.1) is 25.6 Å². The minimum absolute atomic E-state index is 0. The molecule has 0 atom stereocenters. The Morgan fingerprint density at radius 1 is 0.617 bits per heavy atom. The zero-order valence-corrected chi connectivity index (χ0v) is 28.6. The molecule has 0 saturated carbocycles. The van der Waals surface area contributed by atoms with Gasteiger partial charge in [0, 0.05) is 5.57 Å². The van der Waals surface area contributed by atoms with Gasteiger partial charge < -0.3 is 83.7 Å². The molecule has 251 valence electrons. The van der Waals surface area contributed by atoms with Gasteiger partial charge in [-0.05, 0) is 71.3 Å². The number of aromatic hydroxyl groups is 3. The molecule has 0 bridgehead atoms. The van der Waals surface area contributed by atoms with Crippen molar-refractivity contribution in [2.45, 2.75) is 0 Å². The van der Waals surface area contributed by atoms with Crippen molar-refractivity contribution in [3.05, 3.63) is 95.1 Å². The fraction of sp³-hybridized carbons (Fsp3) is 0.0667. The molecular weight excluding hydrogens is 764 g/mol. The van der Waals surface area contributed by atoms with Gasteiger partial charge in [-0.1, -0.05) is 46.6 Å². The van der Waals surface area contributed by atoms with E-state index in [1.54, 1.807) is 54.6 Å². The summed E-state index contributed by atoms with van der Waals surface area (Å²) in [5.41, 5.74) is 13.0. The van der Waals surface area contributed by atoms with Gasteiger partial charge in [-0.2, -0.15) is 0 Å². The molecule has 3 rings (SSSR count). The van der Waals surface area contributed by atoms with Gasteiger partial charge in [0.25, 0.3) is 0 Å². The summed E-state index contributed by atoms with van der Waals surface area (Å²) in [7, 11) is 2.83. The molecule has 0 aliphatic rings. The molecule has 0 fully saturated rings. The molecule has 3 aromatic rings. The quantitative estimate of drug-likeness (QED) is 0.0428. The Morgan fingerprint density at radius 3 is 1.36 bits per heavy atom. The van der Waals surface area contributed by atoms with Crippen molar-refractivity contribution in [1.29, 1.82) is 0 Å². The van der Waals surface area contributed by atoms with Gasteiger partial charge >= 0.3 is 31.5 Å². The first-order chi connectivity index (χ1) is 20.6. The number of aliphatic hydroxyl groups excluding tert-OH is 2. The number of phenolic OH excluding ortho intramolecular Hbond substituents is 3.